The van der Waals surface area contributed by atoms with E-state index in [9.17, 15) is 14.4 Å². The molecule has 2 amide bonds. The lowest BCUT2D eigenvalue weighted by Gasteiger charge is -2.25. The van der Waals surface area contributed by atoms with E-state index in [-0.39, 0.29) is 30.0 Å². The maximum absolute atomic E-state index is 13.0. The monoisotopic (exact) mass is 488 g/mol. The molecular formula is C26H40N4O5. The van der Waals surface area contributed by atoms with Gasteiger partial charge in [-0.2, -0.15) is 0 Å². The van der Waals surface area contributed by atoms with Crippen molar-refractivity contribution in [2.24, 2.45) is 11.8 Å². The summed E-state index contributed by atoms with van der Waals surface area (Å²) >= 11 is 0. The van der Waals surface area contributed by atoms with Crippen molar-refractivity contribution in [2.45, 2.75) is 78.9 Å². The van der Waals surface area contributed by atoms with Gasteiger partial charge >= 0.3 is 0 Å². The van der Waals surface area contributed by atoms with Gasteiger partial charge in [0.25, 0.3) is 5.56 Å². The average Bonchev–Trinajstić information content (AvgIpc) is 2.82. The van der Waals surface area contributed by atoms with Crippen LogP contribution < -0.4 is 25.7 Å². The third kappa shape index (κ3) is 7.70. The number of carbonyl (C=O) groups excluding carboxylic acids is 2. The zero-order valence-corrected chi connectivity index (χ0v) is 22.0. The van der Waals surface area contributed by atoms with Gasteiger partial charge in [-0.1, -0.05) is 47.0 Å². The van der Waals surface area contributed by atoms with Gasteiger partial charge in [-0.3, -0.25) is 19.0 Å². The molecule has 0 saturated heterocycles. The van der Waals surface area contributed by atoms with Crippen molar-refractivity contribution in [3.8, 4) is 11.5 Å². The Morgan fingerprint density at radius 1 is 1.03 bits per heavy atom. The average molecular weight is 489 g/mol. The van der Waals surface area contributed by atoms with Crippen molar-refractivity contribution in [2.75, 3.05) is 14.2 Å². The topological polar surface area (TPSA) is 112 Å². The predicted molar refractivity (Wildman–Crippen MR) is 137 cm³/mol. The minimum absolute atomic E-state index is 0.0176. The smallest absolute Gasteiger partial charge is 0.261 e. The molecule has 9 heteroatoms. The first-order valence-corrected chi connectivity index (χ1v) is 12.3. The number of methoxy groups -OCH3 is 2. The largest absolute Gasteiger partial charge is 0.493 e. The minimum atomic E-state index is -0.687. The first kappa shape index (κ1) is 28.1. The molecule has 194 valence electrons. The fourth-order valence-electron chi connectivity index (χ4n) is 3.91. The molecule has 0 saturated carbocycles. The quantitative estimate of drug-likeness (QED) is 0.448. The Labute approximate surface area is 207 Å². The fourth-order valence-corrected chi connectivity index (χ4v) is 3.91. The number of hydrogen-bond donors (Lipinski definition) is 2. The fraction of sp³-hybridized carbons (Fsp3) is 0.615. The highest BCUT2D eigenvalue weighted by atomic mass is 16.5. The molecule has 0 bridgehead atoms. The molecule has 0 fully saturated rings. The number of rotatable bonds is 13. The first-order chi connectivity index (χ1) is 16.6. The lowest BCUT2D eigenvalue weighted by atomic mass is 9.97. The molecule has 0 aliphatic carbocycles. The highest BCUT2D eigenvalue weighted by molar-refractivity contribution is 5.88. The molecular weight excluding hydrogens is 448 g/mol. The summed E-state index contributed by atoms with van der Waals surface area (Å²) < 4.78 is 11.8. The Kier molecular flexibility index (Phi) is 10.5. The number of nitrogens with one attached hydrogen (secondary N) is 2. The summed E-state index contributed by atoms with van der Waals surface area (Å²) in [5, 5.41) is 6.18. The molecule has 2 aromatic rings. The van der Waals surface area contributed by atoms with E-state index in [0.717, 1.165) is 25.7 Å². The van der Waals surface area contributed by atoms with Crippen LogP contribution in [-0.4, -0.2) is 47.7 Å². The zero-order chi connectivity index (χ0) is 26.1. The SMILES string of the molecule is CC[C@@H](C)[C@H](NC(=O)Cn1cnc2cc(OC)c(OC)cc2c1=O)C(=O)N[C@@H](C)CCCC(C)C. The van der Waals surface area contributed by atoms with Crippen molar-refractivity contribution in [1.82, 2.24) is 20.2 Å². The third-order valence-corrected chi connectivity index (χ3v) is 6.26. The van der Waals surface area contributed by atoms with Crippen LogP contribution in [0.1, 0.15) is 60.3 Å². The molecule has 1 heterocycles. The van der Waals surface area contributed by atoms with Crippen molar-refractivity contribution >= 4 is 22.7 Å². The van der Waals surface area contributed by atoms with Gasteiger partial charge in [-0.05, 0) is 31.2 Å². The maximum Gasteiger partial charge on any atom is 0.261 e. The van der Waals surface area contributed by atoms with Gasteiger partial charge in [0, 0.05) is 12.1 Å². The molecule has 0 radical (unpaired) electrons. The van der Waals surface area contributed by atoms with E-state index < -0.39 is 11.9 Å². The van der Waals surface area contributed by atoms with E-state index in [4.69, 9.17) is 9.47 Å². The van der Waals surface area contributed by atoms with Gasteiger partial charge in [0.05, 0.1) is 31.4 Å². The highest BCUT2D eigenvalue weighted by Gasteiger charge is 2.27. The van der Waals surface area contributed by atoms with Crippen LogP contribution >= 0.6 is 0 Å². The van der Waals surface area contributed by atoms with E-state index in [1.165, 1.54) is 25.1 Å². The molecule has 35 heavy (non-hydrogen) atoms. The van der Waals surface area contributed by atoms with E-state index >= 15 is 0 Å². The second kappa shape index (κ2) is 13.1. The maximum atomic E-state index is 13.0. The zero-order valence-electron chi connectivity index (χ0n) is 22.0. The Morgan fingerprint density at radius 3 is 2.29 bits per heavy atom. The van der Waals surface area contributed by atoms with Gasteiger partial charge in [-0.25, -0.2) is 4.98 Å². The Bertz CT molecular complexity index is 1070. The predicted octanol–water partition coefficient (Wildman–Crippen LogP) is 3.28. The summed E-state index contributed by atoms with van der Waals surface area (Å²) in [6, 6.07) is 2.50. The van der Waals surface area contributed by atoms with Gasteiger partial charge < -0.3 is 20.1 Å². The van der Waals surface area contributed by atoms with Gasteiger partial charge in [0.15, 0.2) is 11.5 Å². The molecule has 0 aliphatic heterocycles. The van der Waals surface area contributed by atoms with E-state index in [0.29, 0.717) is 28.3 Å². The van der Waals surface area contributed by atoms with Crippen molar-refractivity contribution in [3.05, 3.63) is 28.8 Å². The van der Waals surface area contributed by atoms with Crippen LogP contribution in [0.5, 0.6) is 11.5 Å². The molecule has 0 aliphatic rings. The summed E-state index contributed by atoms with van der Waals surface area (Å²) in [6.07, 6.45) is 5.08. The molecule has 1 aromatic carbocycles. The number of ether oxygens (including phenoxy) is 2. The third-order valence-electron chi connectivity index (χ3n) is 6.26. The molecule has 0 spiro atoms. The van der Waals surface area contributed by atoms with Crippen LogP contribution in [0.25, 0.3) is 10.9 Å². The van der Waals surface area contributed by atoms with Crippen LogP contribution in [0, 0.1) is 11.8 Å². The van der Waals surface area contributed by atoms with Crippen LogP contribution in [0.2, 0.25) is 0 Å². The Morgan fingerprint density at radius 2 is 1.69 bits per heavy atom. The summed E-state index contributed by atoms with van der Waals surface area (Å²) in [5.41, 5.74) is 0.0574. The van der Waals surface area contributed by atoms with Crippen molar-refractivity contribution in [1.29, 1.82) is 0 Å². The molecule has 0 unspecified atom stereocenters. The van der Waals surface area contributed by atoms with Gasteiger partial charge in [0.1, 0.15) is 12.6 Å². The number of fused-ring (bicyclic) bond motifs is 1. The van der Waals surface area contributed by atoms with Crippen LogP contribution in [-0.2, 0) is 16.1 Å². The minimum Gasteiger partial charge on any atom is -0.493 e. The lowest BCUT2D eigenvalue weighted by Crippen LogP contribution is -2.53. The number of amides is 2. The van der Waals surface area contributed by atoms with Crippen LogP contribution in [0.4, 0.5) is 0 Å². The lowest BCUT2D eigenvalue weighted by molar-refractivity contribution is -0.131. The van der Waals surface area contributed by atoms with E-state index in [1.54, 1.807) is 12.1 Å². The summed E-state index contributed by atoms with van der Waals surface area (Å²) in [4.78, 5) is 43.1. The summed E-state index contributed by atoms with van der Waals surface area (Å²) in [5.74, 6) is 0.790. The van der Waals surface area contributed by atoms with Crippen molar-refractivity contribution in [3.63, 3.8) is 0 Å². The van der Waals surface area contributed by atoms with Crippen molar-refractivity contribution < 1.29 is 19.1 Å². The van der Waals surface area contributed by atoms with E-state index in [2.05, 4.69) is 29.5 Å². The number of benzene rings is 1. The molecule has 9 nitrogen and oxygen atoms in total. The van der Waals surface area contributed by atoms with Gasteiger partial charge in [-0.15, -0.1) is 0 Å². The normalized spacial score (nSPS) is 13.8. The molecule has 3 atom stereocenters. The second-order valence-corrected chi connectivity index (χ2v) is 9.57. The summed E-state index contributed by atoms with van der Waals surface area (Å²) in [7, 11) is 2.99. The molecule has 2 N–H and O–H groups in total. The van der Waals surface area contributed by atoms with E-state index in [1.807, 2.05) is 20.8 Å². The Hall–Kier alpha value is -3.10. The highest BCUT2D eigenvalue weighted by Crippen LogP contribution is 2.29. The molecule has 2 rings (SSSR count). The first-order valence-electron chi connectivity index (χ1n) is 12.3. The van der Waals surface area contributed by atoms with Gasteiger partial charge in [0.2, 0.25) is 11.8 Å². The van der Waals surface area contributed by atoms with Crippen LogP contribution in [0.3, 0.4) is 0 Å². The number of aromatic nitrogens is 2. The number of nitrogens with zero attached hydrogens (tertiary/aromatic N) is 2. The standard InChI is InChI=1S/C26H40N4O5/c1-8-17(4)24(25(32)28-18(5)11-9-10-16(2)3)29-23(31)14-30-15-27-20-13-22(35-7)21(34-6)12-19(20)26(30)33/h12-13,15-18,24H,8-11,14H2,1-7H3,(H,28,32)(H,29,31)/t17-,18+,24+/m1/s1. The molecule has 1 aromatic heterocycles. The Balaban J connectivity index is 2.14. The number of carbonyl (C=O) groups is 2. The number of hydrogen-bond acceptors (Lipinski definition) is 6. The van der Waals surface area contributed by atoms with Crippen LogP contribution in [0.15, 0.2) is 23.3 Å². The second-order valence-electron chi connectivity index (χ2n) is 9.57. The summed E-state index contributed by atoms with van der Waals surface area (Å²) in [6.45, 7) is 10.0.